The second kappa shape index (κ2) is 8.44. The van der Waals surface area contributed by atoms with Crippen molar-refractivity contribution < 1.29 is 31.3 Å². The Hall–Kier alpha value is -2.56. The average molecular weight is 429 g/mol. The first kappa shape index (κ1) is 21.2. The monoisotopic (exact) mass is 429 g/mol. The van der Waals surface area contributed by atoms with Gasteiger partial charge in [0.05, 0.1) is 25.0 Å². The highest BCUT2D eigenvalue weighted by Gasteiger charge is 2.36. The summed E-state index contributed by atoms with van der Waals surface area (Å²) in [6.07, 6.45) is 2.32. The van der Waals surface area contributed by atoms with Gasteiger partial charge in [0, 0.05) is 20.0 Å². The number of carbonyl (C=O) groups is 2. The number of piperidine rings is 1. The standard InChI is InChI=1S/C18H24FN3O6S/c1-12(23)20-10-13-11-22(18(24)27-13)14-6-7-15(28-29(2,25)26)16(19)17(14)21-8-4-3-5-9-21/h6-7,13H,3-5,8-11H2,1-2H3,(H,20,23)/t13-/m0/s1. The number of cyclic esters (lactones) is 1. The van der Waals surface area contributed by atoms with Gasteiger partial charge in [0.25, 0.3) is 0 Å². The van der Waals surface area contributed by atoms with E-state index < -0.39 is 33.9 Å². The molecule has 2 amide bonds. The number of hydrogen-bond acceptors (Lipinski definition) is 7. The number of nitrogens with zero attached hydrogens (tertiary/aromatic N) is 2. The maximum Gasteiger partial charge on any atom is 0.414 e. The Morgan fingerprint density at radius 3 is 2.62 bits per heavy atom. The molecule has 9 nitrogen and oxygen atoms in total. The van der Waals surface area contributed by atoms with Gasteiger partial charge in [-0.1, -0.05) is 0 Å². The molecule has 2 aliphatic heterocycles. The Kier molecular flexibility index (Phi) is 6.15. The van der Waals surface area contributed by atoms with E-state index >= 15 is 4.39 Å². The minimum atomic E-state index is -3.92. The molecule has 0 unspecified atom stereocenters. The van der Waals surface area contributed by atoms with E-state index in [-0.39, 0.29) is 30.4 Å². The largest absolute Gasteiger partial charge is 0.442 e. The van der Waals surface area contributed by atoms with Crippen LogP contribution in [0.1, 0.15) is 26.2 Å². The zero-order valence-corrected chi connectivity index (χ0v) is 17.1. The molecule has 0 spiro atoms. The van der Waals surface area contributed by atoms with Crippen LogP contribution in [0.2, 0.25) is 0 Å². The first-order valence-electron chi connectivity index (χ1n) is 9.35. The number of rotatable bonds is 6. The van der Waals surface area contributed by atoms with E-state index in [1.165, 1.54) is 24.0 Å². The SMILES string of the molecule is CC(=O)NC[C@H]1CN(c2ccc(OS(C)(=O)=O)c(F)c2N2CCCCC2)C(=O)O1. The lowest BCUT2D eigenvalue weighted by Crippen LogP contribution is -2.35. The van der Waals surface area contributed by atoms with Crippen LogP contribution >= 0.6 is 0 Å². The van der Waals surface area contributed by atoms with E-state index in [1.54, 1.807) is 4.90 Å². The number of nitrogens with one attached hydrogen (secondary N) is 1. The molecular weight excluding hydrogens is 405 g/mol. The van der Waals surface area contributed by atoms with E-state index in [2.05, 4.69) is 5.32 Å². The molecule has 1 atom stereocenters. The third kappa shape index (κ3) is 5.08. The number of amides is 2. The van der Waals surface area contributed by atoms with Gasteiger partial charge in [-0.15, -0.1) is 0 Å². The summed E-state index contributed by atoms with van der Waals surface area (Å²) in [6.45, 7) is 2.79. The Balaban J connectivity index is 1.96. The molecule has 29 heavy (non-hydrogen) atoms. The van der Waals surface area contributed by atoms with E-state index in [0.29, 0.717) is 13.1 Å². The molecule has 2 aliphatic rings. The van der Waals surface area contributed by atoms with Gasteiger partial charge in [0.1, 0.15) is 11.8 Å². The molecule has 0 bridgehead atoms. The minimum absolute atomic E-state index is 0.114. The van der Waals surface area contributed by atoms with Crippen LogP contribution in [-0.2, 0) is 19.6 Å². The van der Waals surface area contributed by atoms with E-state index in [4.69, 9.17) is 8.92 Å². The Labute approximate surface area is 168 Å². The van der Waals surface area contributed by atoms with E-state index in [0.717, 1.165) is 25.5 Å². The van der Waals surface area contributed by atoms with Crippen molar-refractivity contribution in [2.24, 2.45) is 0 Å². The van der Waals surface area contributed by atoms with Crippen molar-refractivity contribution in [3.05, 3.63) is 17.9 Å². The molecule has 2 saturated heterocycles. The molecule has 1 aromatic rings. The van der Waals surface area contributed by atoms with Crippen LogP contribution < -0.4 is 19.3 Å². The summed E-state index contributed by atoms with van der Waals surface area (Å²) in [4.78, 5) is 26.6. The number of benzene rings is 1. The molecule has 3 rings (SSSR count). The highest BCUT2D eigenvalue weighted by molar-refractivity contribution is 7.86. The van der Waals surface area contributed by atoms with Gasteiger partial charge >= 0.3 is 16.2 Å². The van der Waals surface area contributed by atoms with Gasteiger partial charge < -0.3 is 19.1 Å². The molecule has 0 aliphatic carbocycles. The maximum atomic E-state index is 15.3. The highest BCUT2D eigenvalue weighted by Crippen LogP contribution is 2.40. The first-order chi connectivity index (χ1) is 13.7. The quantitative estimate of drug-likeness (QED) is 0.685. The van der Waals surface area contributed by atoms with Crippen molar-refractivity contribution in [1.82, 2.24) is 5.32 Å². The fourth-order valence-corrected chi connectivity index (χ4v) is 3.94. The summed E-state index contributed by atoms with van der Waals surface area (Å²) in [5.74, 6) is -1.51. The molecular formula is C18H24FN3O6S. The van der Waals surface area contributed by atoms with E-state index in [1.807, 2.05) is 0 Å². The second-order valence-corrected chi connectivity index (χ2v) is 8.71. The van der Waals surface area contributed by atoms with Crippen LogP contribution in [0.4, 0.5) is 20.6 Å². The molecule has 0 radical (unpaired) electrons. The lowest BCUT2D eigenvalue weighted by molar-refractivity contribution is -0.119. The minimum Gasteiger partial charge on any atom is -0.442 e. The van der Waals surface area contributed by atoms with Crippen LogP contribution in [0.15, 0.2) is 12.1 Å². The van der Waals surface area contributed by atoms with Gasteiger partial charge in [0.2, 0.25) is 5.91 Å². The number of halogens is 1. The van der Waals surface area contributed by atoms with Gasteiger partial charge in [-0.3, -0.25) is 9.69 Å². The summed E-state index contributed by atoms with van der Waals surface area (Å²) in [6, 6.07) is 2.64. The van der Waals surface area contributed by atoms with Crippen molar-refractivity contribution in [2.75, 3.05) is 42.2 Å². The van der Waals surface area contributed by atoms with Gasteiger partial charge in [-0.2, -0.15) is 8.42 Å². The average Bonchev–Trinajstić information content (AvgIpc) is 3.02. The lowest BCUT2D eigenvalue weighted by atomic mass is 10.1. The Bertz CT molecular complexity index is 901. The van der Waals surface area contributed by atoms with Crippen molar-refractivity contribution in [3.8, 4) is 5.75 Å². The first-order valence-corrected chi connectivity index (χ1v) is 11.2. The Morgan fingerprint density at radius 1 is 1.31 bits per heavy atom. The molecule has 160 valence electrons. The van der Waals surface area contributed by atoms with Gasteiger partial charge in [-0.25, -0.2) is 9.18 Å². The summed E-state index contributed by atoms with van der Waals surface area (Å²) in [5, 5.41) is 2.59. The zero-order valence-electron chi connectivity index (χ0n) is 16.3. The van der Waals surface area contributed by atoms with Crippen molar-refractivity contribution >= 4 is 33.5 Å². The third-order valence-corrected chi connectivity index (χ3v) is 5.20. The predicted molar refractivity (Wildman–Crippen MR) is 104 cm³/mol. The maximum absolute atomic E-state index is 15.3. The predicted octanol–water partition coefficient (Wildman–Crippen LogP) is 1.62. The molecule has 2 heterocycles. The second-order valence-electron chi connectivity index (χ2n) is 7.13. The van der Waals surface area contributed by atoms with Crippen molar-refractivity contribution in [1.29, 1.82) is 0 Å². The molecule has 1 aromatic carbocycles. The number of ether oxygens (including phenoxy) is 1. The third-order valence-electron chi connectivity index (χ3n) is 4.72. The normalized spacial score (nSPS) is 19.8. The zero-order chi connectivity index (χ0) is 21.2. The molecule has 11 heteroatoms. The van der Waals surface area contributed by atoms with Crippen LogP contribution in [-0.4, -0.2) is 59.0 Å². The molecule has 0 aromatic heterocycles. The number of hydrogen-bond donors (Lipinski definition) is 1. The van der Waals surface area contributed by atoms with Crippen LogP contribution in [0, 0.1) is 5.82 Å². The molecule has 0 saturated carbocycles. The van der Waals surface area contributed by atoms with Crippen LogP contribution in [0.5, 0.6) is 5.75 Å². The number of anilines is 2. The molecule has 2 fully saturated rings. The van der Waals surface area contributed by atoms with Crippen molar-refractivity contribution in [2.45, 2.75) is 32.3 Å². The number of carbonyl (C=O) groups excluding carboxylic acids is 2. The van der Waals surface area contributed by atoms with Crippen LogP contribution in [0.25, 0.3) is 0 Å². The van der Waals surface area contributed by atoms with Crippen LogP contribution in [0.3, 0.4) is 0 Å². The summed E-state index contributed by atoms with van der Waals surface area (Å²) >= 11 is 0. The molecule has 1 N–H and O–H groups in total. The fourth-order valence-electron chi connectivity index (χ4n) is 3.48. The summed E-state index contributed by atoms with van der Waals surface area (Å²) in [7, 11) is -3.92. The van der Waals surface area contributed by atoms with Gasteiger partial charge in [0.15, 0.2) is 11.6 Å². The van der Waals surface area contributed by atoms with Crippen molar-refractivity contribution in [3.63, 3.8) is 0 Å². The lowest BCUT2D eigenvalue weighted by Gasteiger charge is -2.32. The fraction of sp³-hybridized carbons (Fsp3) is 0.556. The summed E-state index contributed by atoms with van der Waals surface area (Å²) in [5.41, 5.74) is 0.392. The van der Waals surface area contributed by atoms with E-state index in [9.17, 15) is 18.0 Å². The smallest absolute Gasteiger partial charge is 0.414 e. The Morgan fingerprint density at radius 2 is 2.00 bits per heavy atom. The summed E-state index contributed by atoms with van der Waals surface area (Å²) < 4.78 is 48.3. The topological polar surface area (TPSA) is 105 Å². The van der Waals surface area contributed by atoms with Gasteiger partial charge in [-0.05, 0) is 31.4 Å². The highest BCUT2D eigenvalue weighted by atomic mass is 32.2.